The Morgan fingerprint density at radius 2 is 2.07 bits per heavy atom. The molecule has 0 amide bonds. The maximum atomic E-state index is 4.52. The van der Waals surface area contributed by atoms with Crippen LogP contribution in [0.1, 0.15) is 32.3 Å². The SMILES string of the molecule is C=CCCC(C)(C)Cc1c(-c2cccnc2)n(C)c2ccc(-c3cscn3)cc12. The molecule has 0 aliphatic heterocycles. The molecule has 0 radical (unpaired) electrons. The monoisotopic (exact) mass is 401 g/mol. The van der Waals surface area contributed by atoms with Crippen molar-refractivity contribution in [3.05, 3.63) is 71.8 Å². The first-order valence-electron chi connectivity index (χ1n) is 10.0. The Morgan fingerprint density at radius 3 is 2.76 bits per heavy atom. The Morgan fingerprint density at radius 1 is 1.21 bits per heavy atom. The highest BCUT2D eigenvalue weighted by Crippen LogP contribution is 2.40. The number of aromatic nitrogens is 3. The predicted octanol–water partition coefficient (Wildman–Crippen LogP) is 6.90. The van der Waals surface area contributed by atoms with Gasteiger partial charge in [-0.05, 0) is 54.5 Å². The van der Waals surface area contributed by atoms with Crippen molar-refractivity contribution >= 4 is 22.2 Å². The normalized spacial score (nSPS) is 11.8. The van der Waals surface area contributed by atoms with Crippen molar-refractivity contribution in [3.8, 4) is 22.5 Å². The van der Waals surface area contributed by atoms with Crippen LogP contribution in [0.5, 0.6) is 0 Å². The minimum atomic E-state index is 0.177. The summed E-state index contributed by atoms with van der Waals surface area (Å²) in [6.07, 6.45) is 8.97. The Bertz CT molecular complexity index is 1120. The van der Waals surface area contributed by atoms with Gasteiger partial charge in [0.2, 0.25) is 0 Å². The number of allylic oxidation sites excluding steroid dienone is 1. The fourth-order valence-electron chi connectivity index (χ4n) is 4.14. The number of fused-ring (bicyclic) bond motifs is 1. The van der Waals surface area contributed by atoms with Gasteiger partial charge in [0, 0.05) is 46.9 Å². The lowest BCUT2D eigenvalue weighted by Gasteiger charge is -2.25. The fraction of sp³-hybridized carbons (Fsp3) is 0.280. The number of thiazole rings is 1. The van der Waals surface area contributed by atoms with Crippen molar-refractivity contribution in [2.75, 3.05) is 0 Å². The topological polar surface area (TPSA) is 30.7 Å². The molecule has 4 aromatic rings. The standard InChI is InChI=1S/C25H27N3S/c1-5-6-11-25(2,3)14-21-20-13-18(22-16-29-17-27-22)9-10-23(20)28(4)24(21)19-8-7-12-26-15-19/h5,7-10,12-13,15-17H,1,6,11,14H2,2-4H3. The van der Waals surface area contributed by atoms with Crippen LogP contribution in [-0.2, 0) is 13.5 Å². The molecule has 0 unspecified atom stereocenters. The van der Waals surface area contributed by atoms with Crippen LogP contribution in [0.3, 0.4) is 0 Å². The molecule has 3 heterocycles. The van der Waals surface area contributed by atoms with Gasteiger partial charge in [-0.2, -0.15) is 0 Å². The molecule has 0 aliphatic rings. The molecule has 3 nitrogen and oxygen atoms in total. The molecule has 0 N–H and O–H groups in total. The summed E-state index contributed by atoms with van der Waals surface area (Å²) in [5.41, 5.74) is 9.35. The van der Waals surface area contributed by atoms with Crippen LogP contribution < -0.4 is 0 Å². The van der Waals surface area contributed by atoms with Gasteiger partial charge in [-0.3, -0.25) is 4.98 Å². The van der Waals surface area contributed by atoms with Crippen molar-refractivity contribution in [2.45, 2.75) is 33.1 Å². The lowest BCUT2D eigenvalue weighted by molar-refractivity contribution is 0.337. The quantitative estimate of drug-likeness (QED) is 0.315. The van der Waals surface area contributed by atoms with Crippen LogP contribution >= 0.6 is 11.3 Å². The van der Waals surface area contributed by atoms with E-state index < -0.39 is 0 Å². The first-order valence-corrected chi connectivity index (χ1v) is 11.0. The summed E-state index contributed by atoms with van der Waals surface area (Å²) >= 11 is 1.63. The van der Waals surface area contributed by atoms with Crippen molar-refractivity contribution < 1.29 is 0 Å². The maximum absolute atomic E-state index is 4.52. The molecular formula is C25H27N3S. The van der Waals surface area contributed by atoms with E-state index in [1.165, 1.54) is 27.7 Å². The molecule has 29 heavy (non-hydrogen) atoms. The molecule has 3 aromatic heterocycles. The van der Waals surface area contributed by atoms with Gasteiger partial charge in [0.1, 0.15) is 0 Å². The molecular weight excluding hydrogens is 374 g/mol. The summed E-state index contributed by atoms with van der Waals surface area (Å²) < 4.78 is 2.32. The average Bonchev–Trinajstić information content (AvgIpc) is 3.34. The van der Waals surface area contributed by atoms with E-state index in [2.05, 4.69) is 71.7 Å². The van der Waals surface area contributed by atoms with Gasteiger partial charge in [0.25, 0.3) is 0 Å². The molecule has 0 saturated heterocycles. The molecule has 0 atom stereocenters. The van der Waals surface area contributed by atoms with Crippen LogP contribution in [0.25, 0.3) is 33.4 Å². The Balaban J connectivity index is 1.92. The van der Waals surface area contributed by atoms with Crippen LogP contribution in [0.4, 0.5) is 0 Å². The van der Waals surface area contributed by atoms with Gasteiger partial charge in [-0.15, -0.1) is 17.9 Å². The van der Waals surface area contributed by atoms with Crippen LogP contribution in [-0.4, -0.2) is 14.5 Å². The molecule has 0 saturated carbocycles. The molecule has 0 bridgehead atoms. The summed E-state index contributed by atoms with van der Waals surface area (Å²) in [5.74, 6) is 0. The van der Waals surface area contributed by atoms with E-state index in [4.69, 9.17) is 0 Å². The number of hydrogen-bond acceptors (Lipinski definition) is 3. The van der Waals surface area contributed by atoms with Gasteiger partial charge in [0.05, 0.1) is 16.9 Å². The van der Waals surface area contributed by atoms with Crippen molar-refractivity contribution in [2.24, 2.45) is 12.5 Å². The third-order valence-corrected chi connectivity index (χ3v) is 6.23. The largest absolute Gasteiger partial charge is 0.343 e. The van der Waals surface area contributed by atoms with E-state index in [-0.39, 0.29) is 5.41 Å². The molecule has 0 aliphatic carbocycles. The van der Waals surface area contributed by atoms with Crippen LogP contribution in [0.15, 0.2) is 66.3 Å². The lowest BCUT2D eigenvalue weighted by Crippen LogP contribution is -2.15. The summed E-state index contributed by atoms with van der Waals surface area (Å²) in [4.78, 5) is 8.90. The number of rotatable bonds is 7. The highest BCUT2D eigenvalue weighted by Gasteiger charge is 2.25. The summed E-state index contributed by atoms with van der Waals surface area (Å²) in [5, 5.41) is 3.42. The summed E-state index contributed by atoms with van der Waals surface area (Å²) in [6, 6.07) is 10.9. The number of pyridine rings is 1. The number of benzene rings is 1. The lowest BCUT2D eigenvalue weighted by atomic mass is 9.80. The zero-order chi connectivity index (χ0) is 20.4. The van der Waals surface area contributed by atoms with Gasteiger partial charge < -0.3 is 4.57 Å². The summed E-state index contributed by atoms with van der Waals surface area (Å²) in [6.45, 7) is 8.62. The second-order valence-electron chi connectivity index (χ2n) is 8.40. The van der Waals surface area contributed by atoms with Gasteiger partial charge >= 0.3 is 0 Å². The van der Waals surface area contributed by atoms with E-state index in [9.17, 15) is 0 Å². The van der Waals surface area contributed by atoms with Crippen molar-refractivity contribution in [1.29, 1.82) is 0 Å². The molecule has 4 heteroatoms. The van der Waals surface area contributed by atoms with Gasteiger partial charge in [0.15, 0.2) is 0 Å². The van der Waals surface area contributed by atoms with E-state index in [0.717, 1.165) is 30.5 Å². The Labute approximate surface area is 176 Å². The first kappa shape index (κ1) is 19.6. The summed E-state index contributed by atoms with van der Waals surface area (Å²) in [7, 11) is 2.16. The minimum Gasteiger partial charge on any atom is -0.343 e. The third-order valence-electron chi connectivity index (χ3n) is 5.65. The second-order valence-corrected chi connectivity index (χ2v) is 9.12. The minimum absolute atomic E-state index is 0.177. The molecule has 148 valence electrons. The molecule has 1 aromatic carbocycles. The second kappa shape index (κ2) is 7.96. The Kier molecular flexibility index (Phi) is 5.37. The third kappa shape index (κ3) is 3.90. The van der Waals surface area contributed by atoms with Gasteiger partial charge in [-0.1, -0.05) is 26.0 Å². The fourth-order valence-corrected chi connectivity index (χ4v) is 4.71. The number of nitrogens with zero attached hydrogens (tertiary/aromatic N) is 3. The molecule has 0 fully saturated rings. The number of aryl methyl sites for hydroxylation is 1. The van der Waals surface area contributed by atoms with Crippen LogP contribution in [0, 0.1) is 5.41 Å². The maximum Gasteiger partial charge on any atom is 0.0811 e. The highest BCUT2D eigenvalue weighted by molar-refractivity contribution is 7.07. The zero-order valence-corrected chi connectivity index (χ0v) is 18.2. The van der Waals surface area contributed by atoms with E-state index in [0.29, 0.717) is 0 Å². The van der Waals surface area contributed by atoms with Crippen molar-refractivity contribution in [3.63, 3.8) is 0 Å². The van der Waals surface area contributed by atoms with E-state index >= 15 is 0 Å². The van der Waals surface area contributed by atoms with E-state index in [1.807, 2.05) is 30.0 Å². The van der Waals surface area contributed by atoms with E-state index in [1.54, 1.807) is 11.3 Å². The van der Waals surface area contributed by atoms with Crippen molar-refractivity contribution in [1.82, 2.24) is 14.5 Å². The predicted molar refractivity (Wildman–Crippen MR) is 124 cm³/mol. The first-order chi connectivity index (χ1) is 14.0. The Hall–Kier alpha value is -2.72. The number of hydrogen-bond donors (Lipinski definition) is 0. The average molecular weight is 402 g/mol. The highest BCUT2D eigenvalue weighted by atomic mass is 32.1. The smallest absolute Gasteiger partial charge is 0.0811 e. The van der Waals surface area contributed by atoms with Gasteiger partial charge in [-0.25, -0.2) is 4.98 Å². The zero-order valence-electron chi connectivity index (χ0n) is 17.4. The van der Waals surface area contributed by atoms with Crippen LogP contribution in [0.2, 0.25) is 0 Å². The molecule has 0 spiro atoms. The molecule has 4 rings (SSSR count).